The van der Waals surface area contributed by atoms with Gasteiger partial charge in [0.15, 0.2) is 0 Å². The van der Waals surface area contributed by atoms with Crippen molar-refractivity contribution < 1.29 is 4.74 Å². The molecule has 0 bridgehead atoms. The summed E-state index contributed by atoms with van der Waals surface area (Å²) in [5.74, 6) is 0. The number of nitrogens with zero attached hydrogens (tertiary/aromatic N) is 4. The highest BCUT2D eigenvalue weighted by Gasteiger charge is 2.02. The van der Waals surface area contributed by atoms with E-state index in [1.165, 1.54) is 0 Å². The minimum Gasteiger partial charge on any atom is -0.385 e. The largest absolute Gasteiger partial charge is 0.385 e. The molecular formula is C12H25N5O. The van der Waals surface area contributed by atoms with Gasteiger partial charge in [-0.3, -0.25) is 4.68 Å². The number of likely N-dealkylation sites (N-methyl/N-ethyl adjacent to an activating group) is 1. The van der Waals surface area contributed by atoms with Crippen molar-refractivity contribution in [3.05, 3.63) is 11.9 Å². The maximum absolute atomic E-state index is 5.03. The fourth-order valence-corrected chi connectivity index (χ4v) is 1.65. The Morgan fingerprint density at radius 1 is 1.44 bits per heavy atom. The van der Waals surface area contributed by atoms with Crippen LogP contribution >= 0.6 is 0 Å². The van der Waals surface area contributed by atoms with E-state index in [1.807, 2.05) is 10.9 Å². The minimum absolute atomic E-state index is 0.792. The second-order valence-corrected chi connectivity index (χ2v) is 4.40. The number of hydrogen-bond donors (Lipinski definition) is 1. The molecule has 1 N–H and O–H groups in total. The first-order valence-corrected chi connectivity index (χ1v) is 6.53. The summed E-state index contributed by atoms with van der Waals surface area (Å²) in [6.45, 7) is 7.55. The van der Waals surface area contributed by atoms with Crippen molar-refractivity contribution in [1.82, 2.24) is 25.2 Å². The van der Waals surface area contributed by atoms with Crippen LogP contribution < -0.4 is 5.32 Å². The van der Waals surface area contributed by atoms with E-state index in [0.717, 1.165) is 51.4 Å². The molecular weight excluding hydrogens is 230 g/mol. The SMILES string of the molecule is CCNCc1cn(CCN(C)CCCOC)nn1. The van der Waals surface area contributed by atoms with Gasteiger partial charge >= 0.3 is 0 Å². The summed E-state index contributed by atoms with van der Waals surface area (Å²) >= 11 is 0. The van der Waals surface area contributed by atoms with Crippen molar-refractivity contribution in [2.75, 3.05) is 40.4 Å². The molecule has 0 unspecified atom stereocenters. The van der Waals surface area contributed by atoms with E-state index in [4.69, 9.17) is 4.74 Å². The highest BCUT2D eigenvalue weighted by molar-refractivity contribution is 4.91. The van der Waals surface area contributed by atoms with Crippen LogP contribution in [-0.2, 0) is 17.8 Å². The summed E-state index contributed by atoms with van der Waals surface area (Å²) in [6.07, 6.45) is 3.07. The third-order valence-corrected chi connectivity index (χ3v) is 2.74. The maximum Gasteiger partial charge on any atom is 0.0964 e. The van der Waals surface area contributed by atoms with Gasteiger partial charge in [0.05, 0.1) is 12.2 Å². The Labute approximate surface area is 109 Å². The zero-order valence-electron chi connectivity index (χ0n) is 11.7. The molecule has 0 saturated carbocycles. The summed E-state index contributed by atoms with van der Waals surface area (Å²) in [5.41, 5.74) is 0.999. The first-order chi connectivity index (χ1) is 8.76. The monoisotopic (exact) mass is 255 g/mol. The topological polar surface area (TPSA) is 55.2 Å². The lowest BCUT2D eigenvalue weighted by atomic mass is 10.4. The molecule has 0 aliphatic carbocycles. The van der Waals surface area contributed by atoms with Gasteiger partial charge in [0.25, 0.3) is 0 Å². The molecule has 0 fully saturated rings. The Morgan fingerprint density at radius 3 is 3.00 bits per heavy atom. The molecule has 0 spiro atoms. The van der Waals surface area contributed by atoms with Crippen molar-refractivity contribution in [2.24, 2.45) is 0 Å². The fraction of sp³-hybridized carbons (Fsp3) is 0.833. The fourth-order valence-electron chi connectivity index (χ4n) is 1.65. The van der Waals surface area contributed by atoms with Gasteiger partial charge < -0.3 is 15.0 Å². The summed E-state index contributed by atoms with van der Waals surface area (Å²) < 4.78 is 6.94. The quantitative estimate of drug-likeness (QED) is 0.612. The number of rotatable bonds is 10. The van der Waals surface area contributed by atoms with Crippen LogP contribution in [0.5, 0.6) is 0 Å². The molecule has 1 aromatic heterocycles. The predicted octanol–water partition coefficient (Wildman–Crippen LogP) is 0.356. The summed E-state index contributed by atoms with van der Waals surface area (Å²) in [5, 5.41) is 11.5. The lowest BCUT2D eigenvalue weighted by Crippen LogP contribution is -2.25. The first kappa shape index (κ1) is 15.1. The minimum atomic E-state index is 0.792. The number of aromatic nitrogens is 3. The third-order valence-electron chi connectivity index (χ3n) is 2.74. The van der Waals surface area contributed by atoms with Crippen molar-refractivity contribution in [3.63, 3.8) is 0 Å². The summed E-state index contributed by atoms with van der Waals surface area (Å²) in [7, 11) is 3.85. The Balaban J connectivity index is 2.19. The van der Waals surface area contributed by atoms with Crippen LogP contribution in [0.15, 0.2) is 6.20 Å². The predicted molar refractivity (Wildman–Crippen MR) is 71.4 cm³/mol. The van der Waals surface area contributed by atoms with E-state index >= 15 is 0 Å². The standard InChI is InChI=1S/C12H25N5O/c1-4-13-10-12-11-17(15-14-12)8-7-16(2)6-5-9-18-3/h11,13H,4-10H2,1-3H3. The Bertz CT molecular complexity index is 315. The number of methoxy groups -OCH3 is 1. The molecule has 18 heavy (non-hydrogen) atoms. The van der Waals surface area contributed by atoms with Crippen LogP contribution in [0.4, 0.5) is 0 Å². The second kappa shape index (κ2) is 9.02. The van der Waals surface area contributed by atoms with Crippen molar-refractivity contribution in [3.8, 4) is 0 Å². The summed E-state index contributed by atoms with van der Waals surface area (Å²) in [4.78, 5) is 2.28. The number of hydrogen-bond acceptors (Lipinski definition) is 5. The molecule has 0 aliphatic rings. The second-order valence-electron chi connectivity index (χ2n) is 4.40. The van der Waals surface area contributed by atoms with Crippen molar-refractivity contribution >= 4 is 0 Å². The zero-order valence-corrected chi connectivity index (χ0v) is 11.7. The van der Waals surface area contributed by atoms with E-state index in [2.05, 4.69) is 34.5 Å². The van der Waals surface area contributed by atoms with Crippen LogP contribution in [0.25, 0.3) is 0 Å². The van der Waals surface area contributed by atoms with Crippen molar-refractivity contribution in [2.45, 2.75) is 26.4 Å². The zero-order chi connectivity index (χ0) is 13.2. The Morgan fingerprint density at radius 2 is 2.28 bits per heavy atom. The van der Waals surface area contributed by atoms with Gasteiger partial charge in [0.2, 0.25) is 0 Å². The van der Waals surface area contributed by atoms with Gasteiger partial charge in [0, 0.05) is 39.5 Å². The molecule has 1 heterocycles. The lowest BCUT2D eigenvalue weighted by Gasteiger charge is -2.15. The van der Waals surface area contributed by atoms with Crippen LogP contribution in [0.3, 0.4) is 0 Å². The lowest BCUT2D eigenvalue weighted by molar-refractivity contribution is 0.178. The molecule has 6 nitrogen and oxygen atoms in total. The van der Waals surface area contributed by atoms with Crippen LogP contribution in [0.2, 0.25) is 0 Å². The van der Waals surface area contributed by atoms with E-state index in [1.54, 1.807) is 7.11 Å². The van der Waals surface area contributed by atoms with Gasteiger partial charge in [-0.1, -0.05) is 12.1 Å². The van der Waals surface area contributed by atoms with Gasteiger partial charge in [0.1, 0.15) is 0 Å². The number of nitrogens with one attached hydrogen (secondary N) is 1. The molecule has 104 valence electrons. The molecule has 1 aromatic rings. The molecule has 0 saturated heterocycles. The Kier molecular flexibility index (Phi) is 7.55. The van der Waals surface area contributed by atoms with Crippen LogP contribution in [-0.4, -0.2) is 60.3 Å². The average Bonchev–Trinajstić information content (AvgIpc) is 2.82. The number of ether oxygens (including phenoxy) is 1. The van der Waals surface area contributed by atoms with E-state index in [9.17, 15) is 0 Å². The average molecular weight is 255 g/mol. The van der Waals surface area contributed by atoms with Gasteiger partial charge in [-0.25, -0.2) is 0 Å². The normalized spacial score (nSPS) is 11.3. The maximum atomic E-state index is 5.03. The van der Waals surface area contributed by atoms with E-state index < -0.39 is 0 Å². The molecule has 1 rings (SSSR count). The third kappa shape index (κ3) is 6.09. The Hall–Kier alpha value is -0.980. The molecule has 0 atom stereocenters. The van der Waals surface area contributed by atoms with Crippen LogP contribution in [0, 0.1) is 0 Å². The molecule has 6 heteroatoms. The molecule has 0 aliphatic heterocycles. The highest BCUT2D eigenvalue weighted by Crippen LogP contribution is 1.94. The highest BCUT2D eigenvalue weighted by atomic mass is 16.5. The molecule has 0 amide bonds. The van der Waals surface area contributed by atoms with Gasteiger partial charge in [-0.05, 0) is 20.0 Å². The van der Waals surface area contributed by atoms with Crippen molar-refractivity contribution in [1.29, 1.82) is 0 Å². The molecule has 0 radical (unpaired) electrons. The smallest absolute Gasteiger partial charge is 0.0964 e. The van der Waals surface area contributed by atoms with E-state index in [0.29, 0.717) is 0 Å². The van der Waals surface area contributed by atoms with E-state index in [-0.39, 0.29) is 0 Å². The van der Waals surface area contributed by atoms with Crippen LogP contribution in [0.1, 0.15) is 19.0 Å². The summed E-state index contributed by atoms with van der Waals surface area (Å²) in [6, 6.07) is 0. The first-order valence-electron chi connectivity index (χ1n) is 6.53. The van der Waals surface area contributed by atoms with Gasteiger partial charge in [-0.15, -0.1) is 5.10 Å². The van der Waals surface area contributed by atoms with Gasteiger partial charge in [-0.2, -0.15) is 0 Å². The molecule has 0 aromatic carbocycles.